The third-order valence-electron chi connectivity index (χ3n) is 3.83. The second kappa shape index (κ2) is 5.10. The van der Waals surface area contributed by atoms with E-state index >= 15 is 0 Å². The maximum Gasteiger partial charge on any atom is 0.318 e. The molecule has 1 N–H and O–H groups in total. The Hall–Kier alpha value is -2.13. The Morgan fingerprint density at radius 3 is 1.85 bits per heavy atom. The van der Waals surface area contributed by atoms with Crippen molar-refractivity contribution >= 4 is 5.97 Å². The molecule has 0 aliphatic carbocycles. The summed E-state index contributed by atoms with van der Waals surface area (Å²) >= 11 is 0. The number of benzene rings is 2. The molecule has 20 heavy (non-hydrogen) atoms. The highest BCUT2D eigenvalue weighted by Gasteiger charge is 2.46. The molecule has 1 aliphatic heterocycles. The van der Waals surface area contributed by atoms with Gasteiger partial charge in [0.25, 0.3) is 0 Å². The van der Waals surface area contributed by atoms with Gasteiger partial charge in [0, 0.05) is 6.42 Å². The molecular weight excluding hydrogens is 252 g/mol. The average molecular weight is 268 g/mol. The van der Waals surface area contributed by atoms with E-state index in [1.165, 1.54) is 0 Å². The van der Waals surface area contributed by atoms with E-state index in [1.54, 1.807) is 0 Å². The van der Waals surface area contributed by atoms with Gasteiger partial charge in [0.15, 0.2) is 0 Å². The summed E-state index contributed by atoms with van der Waals surface area (Å²) in [5, 5.41) is 9.95. The second-order valence-corrected chi connectivity index (χ2v) is 5.10. The number of hydrogen-bond acceptors (Lipinski definition) is 2. The monoisotopic (exact) mass is 268 g/mol. The van der Waals surface area contributed by atoms with Crippen molar-refractivity contribution in [2.45, 2.75) is 17.9 Å². The highest BCUT2D eigenvalue weighted by Crippen LogP contribution is 2.40. The predicted molar refractivity (Wildman–Crippen MR) is 75.7 cm³/mol. The lowest BCUT2D eigenvalue weighted by atomic mass is 9.71. The van der Waals surface area contributed by atoms with Crippen LogP contribution in [0.3, 0.4) is 0 Å². The first kappa shape index (κ1) is 12.9. The van der Waals surface area contributed by atoms with Crippen molar-refractivity contribution in [2.24, 2.45) is 0 Å². The van der Waals surface area contributed by atoms with E-state index in [9.17, 15) is 9.90 Å². The van der Waals surface area contributed by atoms with Gasteiger partial charge in [-0.05, 0) is 11.1 Å². The largest absolute Gasteiger partial charge is 0.480 e. The van der Waals surface area contributed by atoms with Gasteiger partial charge in [-0.1, -0.05) is 60.7 Å². The minimum atomic E-state index is -1.04. The Kier molecular flexibility index (Phi) is 3.28. The Labute approximate surface area is 117 Å². The lowest BCUT2D eigenvalue weighted by Crippen LogP contribution is -2.38. The van der Waals surface area contributed by atoms with Gasteiger partial charge in [0.1, 0.15) is 5.41 Å². The number of carbonyl (C=O) groups is 1. The first-order valence-corrected chi connectivity index (χ1v) is 6.69. The summed E-state index contributed by atoms with van der Waals surface area (Å²) in [6.07, 6.45) is 0.502. The van der Waals surface area contributed by atoms with Gasteiger partial charge in [-0.3, -0.25) is 4.79 Å². The second-order valence-electron chi connectivity index (χ2n) is 5.10. The zero-order valence-corrected chi connectivity index (χ0v) is 11.0. The number of hydrogen-bond donors (Lipinski definition) is 1. The standard InChI is InChI=1S/C17H16O3/c18-16(19)17(11-15-12-20-15,13-7-3-1-4-8-13)14-9-5-2-6-10-14/h1-10,15H,11-12H2,(H,18,19). The van der Waals surface area contributed by atoms with Crippen LogP contribution in [0.5, 0.6) is 0 Å². The van der Waals surface area contributed by atoms with Crippen molar-refractivity contribution in [3.63, 3.8) is 0 Å². The fourth-order valence-electron chi connectivity index (χ4n) is 2.71. The van der Waals surface area contributed by atoms with Crippen LogP contribution in [-0.4, -0.2) is 23.8 Å². The summed E-state index contributed by atoms with van der Waals surface area (Å²) in [5.74, 6) is -0.828. The molecule has 2 aromatic carbocycles. The molecule has 0 radical (unpaired) electrons. The molecule has 0 saturated carbocycles. The number of carboxylic acid groups (broad SMARTS) is 1. The maximum atomic E-state index is 12.1. The van der Waals surface area contributed by atoms with Crippen molar-refractivity contribution in [3.8, 4) is 0 Å². The molecule has 0 amide bonds. The lowest BCUT2D eigenvalue weighted by Gasteiger charge is -2.30. The van der Waals surface area contributed by atoms with Crippen molar-refractivity contribution in [2.75, 3.05) is 6.61 Å². The van der Waals surface area contributed by atoms with Crippen LogP contribution in [0, 0.1) is 0 Å². The molecule has 0 aromatic heterocycles. The summed E-state index contributed by atoms with van der Waals surface area (Å²) in [6.45, 7) is 0.648. The van der Waals surface area contributed by atoms with Gasteiger partial charge < -0.3 is 9.84 Å². The van der Waals surface area contributed by atoms with Gasteiger partial charge in [-0.2, -0.15) is 0 Å². The third-order valence-corrected chi connectivity index (χ3v) is 3.83. The SMILES string of the molecule is O=C(O)C(CC1CO1)(c1ccccc1)c1ccccc1. The van der Waals surface area contributed by atoms with Gasteiger partial charge in [0.05, 0.1) is 12.7 Å². The molecule has 102 valence electrons. The average Bonchev–Trinajstić information content (AvgIpc) is 3.30. The molecule has 1 fully saturated rings. The summed E-state index contributed by atoms with van der Waals surface area (Å²) in [4.78, 5) is 12.1. The van der Waals surface area contributed by atoms with Crippen molar-refractivity contribution in [1.29, 1.82) is 0 Å². The van der Waals surface area contributed by atoms with E-state index in [0.717, 1.165) is 11.1 Å². The highest BCUT2D eigenvalue weighted by molar-refractivity contribution is 5.86. The van der Waals surface area contributed by atoms with Crippen molar-refractivity contribution < 1.29 is 14.6 Å². The summed E-state index contributed by atoms with van der Waals surface area (Å²) < 4.78 is 5.29. The van der Waals surface area contributed by atoms with E-state index in [-0.39, 0.29) is 6.10 Å². The smallest absolute Gasteiger partial charge is 0.318 e. The Morgan fingerprint density at radius 2 is 1.50 bits per heavy atom. The Morgan fingerprint density at radius 1 is 1.05 bits per heavy atom. The fourth-order valence-corrected chi connectivity index (χ4v) is 2.71. The van der Waals surface area contributed by atoms with Crippen LogP contribution in [0.4, 0.5) is 0 Å². The maximum absolute atomic E-state index is 12.1. The summed E-state index contributed by atoms with van der Waals surface area (Å²) in [5.41, 5.74) is 0.562. The van der Waals surface area contributed by atoms with Crippen LogP contribution < -0.4 is 0 Å². The van der Waals surface area contributed by atoms with Gasteiger partial charge in [0.2, 0.25) is 0 Å². The van der Waals surface area contributed by atoms with Gasteiger partial charge in [-0.15, -0.1) is 0 Å². The molecule has 3 rings (SSSR count). The molecule has 0 spiro atoms. The van der Waals surface area contributed by atoms with Crippen LogP contribution in [-0.2, 0) is 14.9 Å². The molecule has 0 bridgehead atoms. The zero-order valence-electron chi connectivity index (χ0n) is 11.0. The van der Waals surface area contributed by atoms with Crippen LogP contribution in [0.15, 0.2) is 60.7 Å². The minimum absolute atomic E-state index is 0.0338. The number of ether oxygens (including phenoxy) is 1. The molecule has 1 aliphatic rings. The van der Waals surface area contributed by atoms with Gasteiger partial charge in [-0.25, -0.2) is 0 Å². The lowest BCUT2D eigenvalue weighted by molar-refractivity contribution is -0.142. The van der Waals surface area contributed by atoms with Crippen LogP contribution in [0.2, 0.25) is 0 Å². The number of epoxide rings is 1. The summed E-state index contributed by atoms with van der Waals surface area (Å²) in [6, 6.07) is 18.8. The number of aliphatic carboxylic acids is 1. The van der Waals surface area contributed by atoms with E-state index < -0.39 is 11.4 Å². The van der Waals surface area contributed by atoms with E-state index in [4.69, 9.17) is 4.74 Å². The third kappa shape index (κ3) is 2.21. The summed E-state index contributed by atoms with van der Waals surface area (Å²) in [7, 11) is 0. The van der Waals surface area contributed by atoms with E-state index in [0.29, 0.717) is 13.0 Å². The fraction of sp³-hybridized carbons (Fsp3) is 0.235. The highest BCUT2D eigenvalue weighted by atomic mass is 16.6. The Bertz CT molecular complexity index is 549. The molecule has 1 atom stereocenters. The minimum Gasteiger partial charge on any atom is -0.480 e. The van der Waals surface area contributed by atoms with Crippen molar-refractivity contribution in [3.05, 3.63) is 71.8 Å². The number of rotatable bonds is 5. The molecule has 3 nitrogen and oxygen atoms in total. The predicted octanol–water partition coefficient (Wildman–Crippen LogP) is 2.85. The first-order chi connectivity index (χ1) is 9.73. The van der Waals surface area contributed by atoms with Crippen LogP contribution in [0.25, 0.3) is 0 Å². The quantitative estimate of drug-likeness (QED) is 0.848. The Balaban J connectivity index is 2.16. The van der Waals surface area contributed by atoms with E-state index in [1.807, 2.05) is 60.7 Å². The van der Waals surface area contributed by atoms with Crippen LogP contribution >= 0.6 is 0 Å². The molecule has 1 unspecified atom stereocenters. The normalized spacial score (nSPS) is 17.7. The molecule has 2 aromatic rings. The molecular formula is C17H16O3. The van der Waals surface area contributed by atoms with Gasteiger partial charge >= 0.3 is 5.97 Å². The first-order valence-electron chi connectivity index (χ1n) is 6.69. The molecule has 1 saturated heterocycles. The molecule has 3 heteroatoms. The van der Waals surface area contributed by atoms with Crippen molar-refractivity contribution in [1.82, 2.24) is 0 Å². The van der Waals surface area contributed by atoms with E-state index in [2.05, 4.69) is 0 Å². The topological polar surface area (TPSA) is 49.8 Å². The zero-order chi connectivity index (χ0) is 14.0. The number of carboxylic acids is 1. The van der Waals surface area contributed by atoms with Crippen LogP contribution in [0.1, 0.15) is 17.5 Å². The molecule has 1 heterocycles.